The monoisotopic (exact) mass is 544 g/mol. The third-order valence-electron chi connectivity index (χ3n) is 9.18. The molecule has 0 bridgehead atoms. The maximum atomic E-state index is 13.8. The number of hydrogen-bond acceptors (Lipinski definition) is 4. The van der Waals surface area contributed by atoms with Crippen molar-refractivity contribution in [3.05, 3.63) is 65.7 Å². The zero-order valence-corrected chi connectivity index (χ0v) is 23.9. The van der Waals surface area contributed by atoms with Crippen molar-refractivity contribution in [1.29, 1.82) is 0 Å². The highest BCUT2D eigenvalue weighted by Crippen LogP contribution is 2.36. The third-order valence-corrected chi connectivity index (χ3v) is 9.18. The van der Waals surface area contributed by atoms with Crippen molar-refractivity contribution < 1.29 is 14.4 Å². The van der Waals surface area contributed by atoms with Gasteiger partial charge >= 0.3 is 0 Å². The number of nitrogens with zero attached hydrogens (tertiary/aromatic N) is 2. The lowest BCUT2D eigenvalue weighted by atomic mass is 9.79. The molecule has 0 aromatic heterocycles. The van der Waals surface area contributed by atoms with E-state index in [4.69, 9.17) is 0 Å². The SMILES string of the molecule is CCCCN1C(=O)C(CC2CCCCC2)NC(=O)C12CCN(Cc1ccc(NC(=O)c3ccccc3)cc1)CC2. The number of nitrogens with one attached hydrogen (secondary N) is 2. The molecule has 1 saturated carbocycles. The molecule has 1 atom stereocenters. The van der Waals surface area contributed by atoms with Crippen LogP contribution < -0.4 is 10.6 Å². The van der Waals surface area contributed by atoms with Crippen LogP contribution in [0.3, 0.4) is 0 Å². The van der Waals surface area contributed by atoms with E-state index in [0.717, 1.165) is 50.1 Å². The summed E-state index contributed by atoms with van der Waals surface area (Å²) in [5.41, 5.74) is 1.83. The quantitative estimate of drug-likeness (QED) is 0.445. The lowest BCUT2D eigenvalue weighted by Gasteiger charge is -2.52. The van der Waals surface area contributed by atoms with Crippen LogP contribution in [-0.4, -0.2) is 58.7 Å². The summed E-state index contributed by atoms with van der Waals surface area (Å²) in [5.74, 6) is 0.621. The normalized spacial score (nSPS) is 21.8. The fraction of sp³-hybridized carbons (Fsp3) is 0.545. The molecular formula is C33H44N4O3. The largest absolute Gasteiger partial charge is 0.342 e. The third kappa shape index (κ3) is 6.41. The van der Waals surface area contributed by atoms with Gasteiger partial charge in [-0.3, -0.25) is 19.3 Å². The summed E-state index contributed by atoms with van der Waals surface area (Å²) >= 11 is 0. The van der Waals surface area contributed by atoms with E-state index in [9.17, 15) is 14.4 Å². The highest BCUT2D eigenvalue weighted by atomic mass is 16.2. The number of benzene rings is 2. The van der Waals surface area contributed by atoms with Gasteiger partial charge in [0.2, 0.25) is 11.8 Å². The van der Waals surface area contributed by atoms with Crippen molar-refractivity contribution >= 4 is 23.4 Å². The molecule has 0 radical (unpaired) electrons. The molecule has 2 saturated heterocycles. The zero-order valence-electron chi connectivity index (χ0n) is 23.9. The highest BCUT2D eigenvalue weighted by molar-refractivity contribution is 6.04. The molecule has 1 aliphatic carbocycles. The highest BCUT2D eigenvalue weighted by Gasteiger charge is 2.53. The van der Waals surface area contributed by atoms with Crippen LogP contribution in [0.1, 0.15) is 87.1 Å². The number of piperazine rings is 1. The summed E-state index contributed by atoms with van der Waals surface area (Å²) in [4.78, 5) is 44.2. The summed E-state index contributed by atoms with van der Waals surface area (Å²) < 4.78 is 0. The van der Waals surface area contributed by atoms with Crippen molar-refractivity contribution in [2.45, 2.75) is 89.3 Å². The molecule has 2 aromatic rings. The second-order valence-electron chi connectivity index (χ2n) is 11.9. The van der Waals surface area contributed by atoms with E-state index in [1.165, 1.54) is 32.1 Å². The first-order valence-corrected chi connectivity index (χ1v) is 15.3. The minimum Gasteiger partial charge on any atom is -0.342 e. The van der Waals surface area contributed by atoms with Crippen LogP contribution in [0.4, 0.5) is 5.69 Å². The van der Waals surface area contributed by atoms with Crippen LogP contribution in [0.25, 0.3) is 0 Å². The number of carbonyl (C=O) groups excluding carboxylic acids is 3. The van der Waals surface area contributed by atoms with E-state index in [-0.39, 0.29) is 23.8 Å². The van der Waals surface area contributed by atoms with Crippen LogP contribution in [0, 0.1) is 5.92 Å². The number of amides is 3. The summed E-state index contributed by atoms with van der Waals surface area (Å²) in [6.07, 6.45) is 10.2. The number of hydrogen-bond donors (Lipinski definition) is 2. The molecule has 3 fully saturated rings. The Morgan fingerprint density at radius 1 is 0.975 bits per heavy atom. The standard InChI is InChI=1S/C33H44N4O3/c1-2-3-20-37-31(39)29(23-25-10-6-4-7-11-25)35-32(40)33(37)18-21-36(22-19-33)24-26-14-16-28(17-15-26)34-30(38)27-12-8-5-9-13-27/h5,8-9,12-17,25,29H,2-4,6-7,10-11,18-24H2,1H3,(H,34,38)(H,35,40). The van der Waals surface area contributed by atoms with E-state index < -0.39 is 5.54 Å². The number of piperidine rings is 1. The molecule has 40 heavy (non-hydrogen) atoms. The van der Waals surface area contributed by atoms with Gasteiger partial charge in [-0.1, -0.05) is 75.8 Å². The van der Waals surface area contributed by atoms with E-state index in [1.807, 2.05) is 47.4 Å². The summed E-state index contributed by atoms with van der Waals surface area (Å²) in [6.45, 7) is 5.12. The fourth-order valence-electron chi connectivity index (χ4n) is 6.75. The summed E-state index contributed by atoms with van der Waals surface area (Å²) in [6, 6.07) is 16.8. The molecule has 214 valence electrons. The predicted molar refractivity (Wildman–Crippen MR) is 158 cm³/mol. The fourth-order valence-corrected chi connectivity index (χ4v) is 6.75. The Bertz CT molecular complexity index is 1150. The van der Waals surface area contributed by atoms with Gasteiger partial charge in [-0.15, -0.1) is 0 Å². The van der Waals surface area contributed by atoms with Gasteiger partial charge in [0.05, 0.1) is 0 Å². The average Bonchev–Trinajstić information content (AvgIpc) is 2.99. The summed E-state index contributed by atoms with van der Waals surface area (Å²) in [7, 11) is 0. The Hall–Kier alpha value is -3.19. The van der Waals surface area contributed by atoms with Gasteiger partial charge in [-0.2, -0.15) is 0 Å². The molecule has 3 amide bonds. The first kappa shape index (κ1) is 28.3. The zero-order chi connectivity index (χ0) is 28.0. The Morgan fingerprint density at radius 3 is 2.35 bits per heavy atom. The van der Waals surface area contributed by atoms with Crippen molar-refractivity contribution in [2.24, 2.45) is 5.92 Å². The number of rotatable bonds is 9. The lowest BCUT2D eigenvalue weighted by molar-refractivity contribution is -0.162. The second-order valence-corrected chi connectivity index (χ2v) is 11.9. The van der Waals surface area contributed by atoms with Crippen molar-refractivity contribution in [2.75, 3.05) is 25.0 Å². The van der Waals surface area contributed by atoms with Crippen LogP contribution in [0.2, 0.25) is 0 Å². The first-order chi connectivity index (χ1) is 19.5. The Labute approximate surface area is 238 Å². The van der Waals surface area contributed by atoms with Gasteiger partial charge < -0.3 is 15.5 Å². The molecule has 1 spiro atoms. The number of anilines is 1. The van der Waals surface area contributed by atoms with Crippen LogP contribution >= 0.6 is 0 Å². The molecule has 2 aromatic carbocycles. The summed E-state index contributed by atoms with van der Waals surface area (Å²) in [5, 5.41) is 6.15. The Kier molecular flexibility index (Phi) is 9.20. The minimum absolute atomic E-state index is 0.0576. The van der Waals surface area contributed by atoms with Gasteiger partial charge in [0.25, 0.3) is 5.91 Å². The molecular weight excluding hydrogens is 500 g/mol. The van der Waals surface area contributed by atoms with Gasteiger partial charge in [-0.05, 0) is 61.4 Å². The molecule has 5 rings (SSSR count). The molecule has 7 heteroatoms. The maximum Gasteiger partial charge on any atom is 0.255 e. The molecule has 2 heterocycles. The number of unbranched alkanes of at least 4 members (excludes halogenated alkanes) is 1. The smallest absolute Gasteiger partial charge is 0.255 e. The molecule has 7 nitrogen and oxygen atoms in total. The van der Waals surface area contributed by atoms with Gasteiger partial charge in [-0.25, -0.2) is 0 Å². The van der Waals surface area contributed by atoms with Crippen LogP contribution in [-0.2, 0) is 16.1 Å². The van der Waals surface area contributed by atoms with Crippen molar-refractivity contribution in [1.82, 2.24) is 15.1 Å². The minimum atomic E-state index is -0.725. The van der Waals surface area contributed by atoms with Crippen molar-refractivity contribution in [3.8, 4) is 0 Å². The van der Waals surface area contributed by atoms with E-state index >= 15 is 0 Å². The van der Waals surface area contributed by atoms with E-state index in [2.05, 4.69) is 22.5 Å². The van der Waals surface area contributed by atoms with E-state index in [1.54, 1.807) is 12.1 Å². The number of carbonyl (C=O) groups is 3. The lowest BCUT2D eigenvalue weighted by Crippen LogP contribution is -2.73. The van der Waals surface area contributed by atoms with Crippen LogP contribution in [0.5, 0.6) is 0 Å². The first-order valence-electron chi connectivity index (χ1n) is 15.3. The number of likely N-dealkylation sites (tertiary alicyclic amines) is 1. The van der Waals surface area contributed by atoms with Gasteiger partial charge in [0.15, 0.2) is 0 Å². The molecule has 2 N–H and O–H groups in total. The predicted octanol–water partition coefficient (Wildman–Crippen LogP) is 5.37. The Balaban J connectivity index is 1.18. The van der Waals surface area contributed by atoms with Gasteiger partial charge in [0, 0.05) is 37.4 Å². The molecule has 1 unspecified atom stereocenters. The van der Waals surface area contributed by atoms with Gasteiger partial charge in [0.1, 0.15) is 11.6 Å². The van der Waals surface area contributed by atoms with E-state index in [0.29, 0.717) is 30.9 Å². The molecule has 2 aliphatic heterocycles. The maximum absolute atomic E-state index is 13.8. The Morgan fingerprint density at radius 2 is 1.68 bits per heavy atom. The second kappa shape index (κ2) is 13.0. The van der Waals surface area contributed by atoms with Crippen LogP contribution in [0.15, 0.2) is 54.6 Å². The molecule has 3 aliphatic rings. The topological polar surface area (TPSA) is 81.8 Å². The average molecular weight is 545 g/mol. The van der Waals surface area contributed by atoms with Crippen molar-refractivity contribution in [3.63, 3.8) is 0 Å².